The monoisotopic (exact) mass is 389 g/mol. The third-order valence-electron chi connectivity index (χ3n) is 4.19. The Bertz CT molecular complexity index is 1090. The highest BCUT2D eigenvalue weighted by atomic mass is 35.5. The van der Waals surface area contributed by atoms with E-state index in [1.165, 1.54) is 22.8 Å². The van der Waals surface area contributed by atoms with E-state index in [9.17, 15) is 19.7 Å². The first-order chi connectivity index (χ1) is 12.9. The van der Waals surface area contributed by atoms with Crippen LogP contribution >= 0.6 is 11.6 Å². The molecule has 0 saturated carbocycles. The maximum atomic E-state index is 12.1. The van der Waals surface area contributed by atoms with Crippen LogP contribution in [0.15, 0.2) is 45.6 Å². The second kappa shape index (κ2) is 7.63. The maximum Gasteiger partial charge on any atom is 0.419 e. The number of nitro benzene ring substituents is 1. The topological polar surface area (TPSA) is 107 Å². The molecule has 140 valence electrons. The van der Waals surface area contributed by atoms with E-state index >= 15 is 0 Å². The molecule has 0 radical (unpaired) electrons. The number of non-ortho nitro benzene ring substituents is 1. The van der Waals surface area contributed by atoms with Crippen molar-refractivity contribution >= 4 is 40.0 Å². The van der Waals surface area contributed by atoms with Crippen LogP contribution in [-0.4, -0.2) is 15.4 Å². The lowest BCUT2D eigenvalue weighted by atomic mass is 10.2. The third-order valence-corrected chi connectivity index (χ3v) is 4.60. The van der Waals surface area contributed by atoms with Gasteiger partial charge in [-0.2, -0.15) is 0 Å². The van der Waals surface area contributed by atoms with Gasteiger partial charge in [-0.1, -0.05) is 17.7 Å². The summed E-state index contributed by atoms with van der Waals surface area (Å²) in [4.78, 5) is 34.4. The van der Waals surface area contributed by atoms with E-state index in [-0.39, 0.29) is 30.1 Å². The number of aryl methyl sites for hydroxylation is 1. The quantitative estimate of drug-likeness (QED) is 0.508. The minimum atomic E-state index is -0.614. The van der Waals surface area contributed by atoms with Gasteiger partial charge in [0.15, 0.2) is 5.58 Å². The number of carbonyl (C=O) groups excluding carboxylic acids is 1. The molecule has 0 aliphatic carbocycles. The summed E-state index contributed by atoms with van der Waals surface area (Å²) >= 11 is 6.03. The van der Waals surface area contributed by atoms with Gasteiger partial charge in [0.05, 0.1) is 16.5 Å². The fraction of sp³-hybridized carbons (Fsp3) is 0.222. The van der Waals surface area contributed by atoms with Gasteiger partial charge in [0.1, 0.15) is 0 Å². The first kappa shape index (κ1) is 18.7. The molecule has 1 heterocycles. The van der Waals surface area contributed by atoms with Crippen molar-refractivity contribution in [2.75, 3.05) is 5.32 Å². The Morgan fingerprint density at radius 1 is 1.33 bits per heavy atom. The highest BCUT2D eigenvalue weighted by molar-refractivity contribution is 6.31. The first-order valence-electron chi connectivity index (χ1n) is 8.19. The van der Waals surface area contributed by atoms with Gasteiger partial charge in [0.25, 0.3) is 5.69 Å². The van der Waals surface area contributed by atoms with Crippen molar-refractivity contribution in [1.82, 2.24) is 4.57 Å². The summed E-state index contributed by atoms with van der Waals surface area (Å²) in [6.07, 6.45) is 0.592. The van der Waals surface area contributed by atoms with Crippen LogP contribution in [0.2, 0.25) is 5.02 Å². The summed E-state index contributed by atoms with van der Waals surface area (Å²) in [7, 11) is 0. The van der Waals surface area contributed by atoms with E-state index in [4.69, 9.17) is 16.0 Å². The smallest absolute Gasteiger partial charge is 0.407 e. The molecule has 2 aromatic carbocycles. The molecular formula is C18H16ClN3O5. The van der Waals surface area contributed by atoms with Crippen molar-refractivity contribution in [3.63, 3.8) is 0 Å². The van der Waals surface area contributed by atoms with E-state index in [0.29, 0.717) is 22.6 Å². The average molecular weight is 390 g/mol. The van der Waals surface area contributed by atoms with Gasteiger partial charge < -0.3 is 9.73 Å². The van der Waals surface area contributed by atoms with Crippen molar-refractivity contribution in [1.29, 1.82) is 0 Å². The Morgan fingerprint density at radius 2 is 2.11 bits per heavy atom. The fourth-order valence-corrected chi connectivity index (χ4v) is 2.91. The summed E-state index contributed by atoms with van der Waals surface area (Å²) in [5.41, 5.74) is 1.88. The van der Waals surface area contributed by atoms with Crippen LogP contribution in [0.3, 0.4) is 0 Å². The number of rotatable bonds is 6. The molecule has 3 rings (SSSR count). The Balaban J connectivity index is 1.66. The van der Waals surface area contributed by atoms with Crippen LogP contribution in [0.4, 0.5) is 11.4 Å². The first-order valence-corrected chi connectivity index (χ1v) is 8.57. The van der Waals surface area contributed by atoms with Crippen molar-refractivity contribution in [2.45, 2.75) is 26.3 Å². The van der Waals surface area contributed by atoms with Crippen molar-refractivity contribution < 1.29 is 14.1 Å². The molecule has 0 aliphatic heterocycles. The average Bonchev–Trinajstić information content (AvgIpc) is 2.93. The number of hydrogen-bond acceptors (Lipinski definition) is 5. The molecule has 9 heteroatoms. The van der Waals surface area contributed by atoms with E-state index in [2.05, 4.69) is 5.32 Å². The number of carbonyl (C=O) groups is 1. The van der Waals surface area contributed by atoms with Gasteiger partial charge in [0, 0.05) is 29.7 Å². The highest BCUT2D eigenvalue weighted by Crippen LogP contribution is 2.23. The molecule has 0 unspecified atom stereocenters. The SMILES string of the molecule is Cc1c(Cl)cccc1NC(=O)CCCn1c(=O)oc2cc([N+](=O)[O-])ccc21. The third kappa shape index (κ3) is 4.01. The lowest BCUT2D eigenvalue weighted by Gasteiger charge is -2.09. The van der Waals surface area contributed by atoms with Crippen molar-refractivity contribution in [3.05, 3.63) is 67.6 Å². The Kier molecular flexibility index (Phi) is 5.27. The molecule has 1 amide bonds. The van der Waals surface area contributed by atoms with Crippen LogP contribution in [0, 0.1) is 17.0 Å². The van der Waals surface area contributed by atoms with Gasteiger partial charge in [-0.15, -0.1) is 0 Å². The van der Waals surface area contributed by atoms with Gasteiger partial charge in [0.2, 0.25) is 5.91 Å². The second-order valence-corrected chi connectivity index (χ2v) is 6.40. The molecule has 0 atom stereocenters. The van der Waals surface area contributed by atoms with Crippen LogP contribution in [0.5, 0.6) is 0 Å². The minimum Gasteiger partial charge on any atom is -0.407 e. The van der Waals surface area contributed by atoms with Gasteiger partial charge in [-0.25, -0.2) is 4.79 Å². The number of halogens is 1. The van der Waals surface area contributed by atoms with Crippen molar-refractivity contribution in [3.8, 4) is 0 Å². The number of benzene rings is 2. The number of amides is 1. The lowest BCUT2D eigenvalue weighted by Crippen LogP contribution is -2.17. The molecule has 0 spiro atoms. The molecule has 0 bridgehead atoms. The number of nitrogens with one attached hydrogen (secondary N) is 1. The summed E-state index contributed by atoms with van der Waals surface area (Å²) in [5, 5.41) is 14.2. The largest absolute Gasteiger partial charge is 0.419 e. The van der Waals surface area contributed by atoms with E-state index < -0.39 is 10.7 Å². The zero-order valence-corrected chi connectivity index (χ0v) is 15.2. The van der Waals surface area contributed by atoms with Crippen molar-refractivity contribution in [2.24, 2.45) is 0 Å². The zero-order valence-electron chi connectivity index (χ0n) is 14.4. The maximum absolute atomic E-state index is 12.1. The number of hydrogen-bond donors (Lipinski definition) is 1. The van der Waals surface area contributed by atoms with Gasteiger partial charge in [-0.05, 0) is 37.1 Å². The molecule has 8 nitrogen and oxygen atoms in total. The van der Waals surface area contributed by atoms with E-state index in [1.807, 2.05) is 6.92 Å². The molecular weight excluding hydrogens is 374 g/mol. The molecule has 1 N–H and O–H groups in total. The molecule has 0 aliphatic rings. The van der Waals surface area contributed by atoms with Crippen LogP contribution < -0.4 is 11.1 Å². The molecule has 27 heavy (non-hydrogen) atoms. The lowest BCUT2D eigenvalue weighted by molar-refractivity contribution is -0.384. The second-order valence-electron chi connectivity index (χ2n) is 5.99. The van der Waals surface area contributed by atoms with Gasteiger partial charge in [-0.3, -0.25) is 19.5 Å². The summed E-state index contributed by atoms with van der Waals surface area (Å²) in [6.45, 7) is 2.07. The predicted octanol–water partition coefficient (Wildman–Crippen LogP) is 3.88. The molecule has 0 saturated heterocycles. The number of fused-ring (bicyclic) bond motifs is 1. The Morgan fingerprint density at radius 3 is 2.85 bits per heavy atom. The molecule has 1 aromatic heterocycles. The normalized spacial score (nSPS) is 10.9. The minimum absolute atomic E-state index is 0.146. The fourth-order valence-electron chi connectivity index (χ4n) is 2.73. The summed E-state index contributed by atoms with van der Waals surface area (Å²) in [5.74, 6) is -0.812. The van der Waals surface area contributed by atoms with Crippen LogP contribution in [-0.2, 0) is 11.3 Å². The van der Waals surface area contributed by atoms with Gasteiger partial charge >= 0.3 is 5.76 Å². The summed E-state index contributed by atoms with van der Waals surface area (Å²) < 4.78 is 6.42. The highest BCUT2D eigenvalue weighted by Gasteiger charge is 2.14. The molecule has 3 aromatic rings. The zero-order chi connectivity index (χ0) is 19.6. The standard InChI is InChI=1S/C18H16ClN3O5/c1-11-13(19)4-2-5-14(11)20-17(23)6-3-9-21-15-8-7-12(22(25)26)10-16(15)27-18(21)24/h2,4-5,7-8,10H,3,6,9H2,1H3,(H,20,23). The molecule has 0 fully saturated rings. The number of anilines is 1. The van der Waals surface area contributed by atoms with E-state index in [0.717, 1.165) is 5.56 Å². The summed E-state index contributed by atoms with van der Waals surface area (Å²) in [6, 6.07) is 9.24. The Hall–Kier alpha value is -3.13. The number of aromatic nitrogens is 1. The van der Waals surface area contributed by atoms with Crippen LogP contribution in [0.25, 0.3) is 11.1 Å². The number of nitrogens with zero attached hydrogens (tertiary/aromatic N) is 2. The predicted molar refractivity (Wildman–Crippen MR) is 101 cm³/mol. The Labute approximate surface area is 158 Å². The van der Waals surface area contributed by atoms with Crippen LogP contribution in [0.1, 0.15) is 18.4 Å². The van der Waals surface area contributed by atoms with E-state index in [1.54, 1.807) is 18.2 Å². The number of oxazole rings is 1. The number of nitro groups is 1.